The Bertz CT molecular complexity index is 489. The van der Waals surface area contributed by atoms with Crippen LogP contribution in [0.5, 0.6) is 0 Å². The van der Waals surface area contributed by atoms with Crippen LogP contribution in [0.3, 0.4) is 0 Å². The van der Waals surface area contributed by atoms with Crippen LogP contribution in [0.15, 0.2) is 11.5 Å². The van der Waals surface area contributed by atoms with Gasteiger partial charge in [0, 0.05) is 30.5 Å². The maximum absolute atomic E-state index is 11.7. The van der Waals surface area contributed by atoms with Crippen LogP contribution >= 0.6 is 11.3 Å². The summed E-state index contributed by atoms with van der Waals surface area (Å²) >= 11 is 1.54. The molecule has 96 valence electrons. The molecule has 18 heavy (non-hydrogen) atoms. The van der Waals surface area contributed by atoms with E-state index in [0.717, 1.165) is 10.7 Å². The fourth-order valence-electron chi connectivity index (χ4n) is 1.84. The van der Waals surface area contributed by atoms with Gasteiger partial charge in [-0.25, -0.2) is 4.98 Å². The SMILES string of the molecule is Cc1nc(C=CC(=O)N2CC(CC(=O)O)C2)cs1. The summed E-state index contributed by atoms with van der Waals surface area (Å²) in [5, 5.41) is 11.5. The highest BCUT2D eigenvalue weighted by atomic mass is 32.1. The van der Waals surface area contributed by atoms with Gasteiger partial charge in [0.05, 0.1) is 17.1 Å². The highest BCUT2D eigenvalue weighted by molar-refractivity contribution is 7.09. The van der Waals surface area contributed by atoms with Gasteiger partial charge >= 0.3 is 5.97 Å². The molecule has 0 spiro atoms. The quantitative estimate of drug-likeness (QED) is 0.836. The molecule has 6 heteroatoms. The van der Waals surface area contributed by atoms with Gasteiger partial charge in [0.15, 0.2) is 0 Å². The van der Waals surface area contributed by atoms with E-state index >= 15 is 0 Å². The Kier molecular flexibility index (Phi) is 3.76. The molecular weight excluding hydrogens is 252 g/mol. The number of likely N-dealkylation sites (tertiary alicyclic amines) is 1. The minimum atomic E-state index is -0.805. The van der Waals surface area contributed by atoms with Crippen LogP contribution in [0.25, 0.3) is 6.08 Å². The second kappa shape index (κ2) is 5.30. The van der Waals surface area contributed by atoms with E-state index in [0.29, 0.717) is 13.1 Å². The molecule has 1 aliphatic rings. The van der Waals surface area contributed by atoms with Gasteiger partial charge in [0.2, 0.25) is 5.91 Å². The lowest BCUT2D eigenvalue weighted by molar-refractivity contribution is -0.143. The predicted molar refractivity (Wildman–Crippen MR) is 68.2 cm³/mol. The Labute approximate surface area is 109 Å². The average Bonchev–Trinajstić information content (AvgIpc) is 2.65. The molecule has 0 aliphatic carbocycles. The Morgan fingerprint density at radius 3 is 2.89 bits per heavy atom. The Hall–Kier alpha value is -1.69. The molecule has 5 nitrogen and oxygen atoms in total. The third-order valence-electron chi connectivity index (χ3n) is 2.77. The third-order valence-corrected chi connectivity index (χ3v) is 3.56. The van der Waals surface area contributed by atoms with Gasteiger partial charge in [-0.2, -0.15) is 0 Å². The summed E-state index contributed by atoms with van der Waals surface area (Å²) in [6.45, 7) is 2.98. The molecule has 2 rings (SSSR count). The number of carbonyl (C=O) groups is 2. The smallest absolute Gasteiger partial charge is 0.303 e. The maximum Gasteiger partial charge on any atom is 0.303 e. The second-order valence-corrected chi connectivity index (χ2v) is 5.39. The lowest BCUT2D eigenvalue weighted by atomic mass is 9.96. The van der Waals surface area contributed by atoms with E-state index in [1.54, 1.807) is 11.0 Å². The van der Waals surface area contributed by atoms with Crippen molar-refractivity contribution in [1.29, 1.82) is 0 Å². The van der Waals surface area contributed by atoms with Gasteiger partial charge in [-0.1, -0.05) is 0 Å². The molecule has 1 saturated heterocycles. The number of amides is 1. The monoisotopic (exact) mass is 266 g/mol. The lowest BCUT2D eigenvalue weighted by Gasteiger charge is -2.37. The molecule has 2 heterocycles. The highest BCUT2D eigenvalue weighted by Gasteiger charge is 2.30. The van der Waals surface area contributed by atoms with Gasteiger partial charge in [-0.15, -0.1) is 11.3 Å². The molecule has 1 fully saturated rings. The van der Waals surface area contributed by atoms with Crippen LogP contribution in [0.1, 0.15) is 17.1 Å². The fraction of sp³-hybridized carbons (Fsp3) is 0.417. The summed E-state index contributed by atoms with van der Waals surface area (Å²) < 4.78 is 0. The van der Waals surface area contributed by atoms with Crippen LogP contribution in [0.4, 0.5) is 0 Å². The molecule has 0 atom stereocenters. The number of aryl methyl sites for hydroxylation is 1. The number of carbonyl (C=O) groups excluding carboxylic acids is 1. The van der Waals surface area contributed by atoms with Crippen molar-refractivity contribution in [3.63, 3.8) is 0 Å². The maximum atomic E-state index is 11.7. The van der Waals surface area contributed by atoms with Crippen molar-refractivity contribution < 1.29 is 14.7 Å². The minimum Gasteiger partial charge on any atom is -0.481 e. The zero-order chi connectivity index (χ0) is 13.1. The summed E-state index contributed by atoms with van der Waals surface area (Å²) in [7, 11) is 0. The summed E-state index contributed by atoms with van der Waals surface area (Å²) in [5.74, 6) is -0.788. The van der Waals surface area contributed by atoms with Crippen LogP contribution in [0, 0.1) is 12.8 Å². The van der Waals surface area contributed by atoms with Crippen molar-refractivity contribution in [3.8, 4) is 0 Å². The molecule has 1 aliphatic heterocycles. The van der Waals surface area contributed by atoms with Crippen LogP contribution < -0.4 is 0 Å². The first-order chi connectivity index (χ1) is 8.54. The summed E-state index contributed by atoms with van der Waals surface area (Å²) in [4.78, 5) is 28.0. The lowest BCUT2D eigenvalue weighted by Crippen LogP contribution is -2.49. The van der Waals surface area contributed by atoms with Gasteiger partial charge in [-0.3, -0.25) is 9.59 Å². The molecule has 0 radical (unpaired) electrons. The second-order valence-electron chi connectivity index (χ2n) is 4.33. The zero-order valence-corrected chi connectivity index (χ0v) is 10.8. The zero-order valence-electron chi connectivity index (χ0n) is 10.00. The van der Waals surface area contributed by atoms with Gasteiger partial charge in [-0.05, 0) is 13.0 Å². The Morgan fingerprint density at radius 1 is 1.61 bits per heavy atom. The average molecular weight is 266 g/mol. The standard InChI is InChI=1S/C12H14N2O3S/c1-8-13-10(7-18-8)2-3-11(15)14-5-9(6-14)4-12(16)17/h2-3,7,9H,4-6H2,1H3,(H,16,17). The number of nitrogens with zero attached hydrogens (tertiary/aromatic N) is 2. The number of aromatic nitrogens is 1. The number of hydrogen-bond donors (Lipinski definition) is 1. The third kappa shape index (κ3) is 3.16. The fourth-order valence-corrected chi connectivity index (χ4v) is 2.43. The molecule has 1 N–H and O–H groups in total. The van der Waals surface area contributed by atoms with Crippen molar-refractivity contribution >= 4 is 29.3 Å². The molecular formula is C12H14N2O3S. The van der Waals surface area contributed by atoms with E-state index in [1.165, 1.54) is 17.4 Å². The first-order valence-corrected chi connectivity index (χ1v) is 6.53. The number of rotatable bonds is 4. The van der Waals surface area contributed by atoms with Crippen molar-refractivity contribution in [2.24, 2.45) is 5.92 Å². The van der Waals surface area contributed by atoms with Crippen molar-refractivity contribution in [1.82, 2.24) is 9.88 Å². The van der Waals surface area contributed by atoms with Gasteiger partial charge < -0.3 is 10.0 Å². The molecule has 1 aromatic rings. The van der Waals surface area contributed by atoms with Crippen molar-refractivity contribution in [2.75, 3.05) is 13.1 Å². The number of aliphatic carboxylic acids is 1. The topological polar surface area (TPSA) is 70.5 Å². The normalized spacial score (nSPS) is 15.9. The molecule has 1 amide bonds. The first-order valence-electron chi connectivity index (χ1n) is 5.65. The number of carboxylic acid groups (broad SMARTS) is 1. The first kappa shape index (κ1) is 12.8. The molecule has 0 bridgehead atoms. The molecule has 0 unspecified atom stereocenters. The Balaban J connectivity index is 1.80. The minimum absolute atomic E-state index is 0.0812. The van der Waals surface area contributed by atoms with E-state index in [4.69, 9.17) is 5.11 Å². The largest absolute Gasteiger partial charge is 0.481 e. The van der Waals surface area contributed by atoms with Gasteiger partial charge in [0.25, 0.3) is 0 Å². The van der Waals surface area contributed by atoms with E-state index in [1.807, 2.05) is 12.3 Å². The highest BCUT2D eigenvalue weighted by Crippen LogP contribution is 2.19. The van der Waals surface area contributed by atoms with Crippen LogP contribution in [0.2, 0.25) is 0 Å². The van der Waals surface area contributed by atoms with Crippen LogP contribution in [-0.4, -0.2) is 40.0 Å². The molecule has 0 aromatic carbocycles. The number of hydrogen-bond acceptors (Lipinski definition) is 4. The van der Waals surface area contributed by atoms with E-state index in [-0.39, 0.29) is 18.2 Å². The van der Waals surface area contributed by atoms with E-state index in [2.05, 4.69) is 4.98 Å². The van der Waals surface area contributed by atoms with Crippen molar-refractivity contribution in [2.45, 2.75) is 13.3 Å². The molecule has 0 saturated carbocycles. The van der Waals surface area contributed by atoms with Crippen LogP contribution in [-0.2, 0) is 9.59 Å². The molecule has 1 aromatic heterocycles. The Morgan fingerprint density at radius 2 is 2.33 bits per heavy atom. The van der Waals surface area contributed by atoms with Crippen molar-refractivity contribution in [3.05, 3.63) is 22.2 Å². The van der Waals surface area contributed by atoms with E-state index in [9.17, 15) is 9.59 Å². The summed E-state index contributed by atoms with van der Waals surface area (Å²) in [5.41, 5.74) is 0.786. The number of thiazole rings is 1. The predicted octanol–water partition coefficient (Wildman–Crippen LogP) is 1.40. The van der Waals surface area contributed by atoms with Gasteiger partial charge in [0.1, 0.15) is 0 Å². The summed E-state index contributed by atoms with van der Waals surface area (Å²) in [6.07, 6.45) is 3.32. The number of carboxylic acids is 1. The van der Waals surface area contributed by atoms with E-state index < -0.39 is 5.97 Å². The summed E-state index contributed by atoms with van der Waals surface area (Å²) in [6, 6.07) is 0.